The van der Waals surface area contributed by atoms with Crippen molar-refractivity contribution in [1.82, 2.24) is 4.90 Å². The van der Waals surface area contributed by atoms with Crippen molar-refractivity contribution in [2.24, 2.45) is 17.2 Å². The van der Waals surface area contributed by atoms with E-state index in [4.69, 9.17) is 17.2 Å². The second kappa shape index (κ2) is 9.11. The van der Waals surface area contributed by atoms with Gasteiger partial charge < -0.3 is 22.1 Å². The Morgan fingerprint density at radius 1 is 0.821 bits per heavy atom. The number of rotatable bonds is 2. The van der Waals surface area contributed by atoms with Crippen molar-refractivity contribution in [3.05, 3.63) is 101 Å². The molecule has 0 unspecified atom stereocenters. The summed E-state index contributed by atoms with van der Waals surface area (Å²) in [4.78, 5) is 2.31. The molecular formula is C24H28N4. The molecule has 0 saturated heterocycles. The van der Waals surface area contributed by atoms with Gasteiger partial charge in [0, 0.05) is 18.8 Å². The normalized spacial score (nSPS) is 14.0. The van der Waals surface area contributed by atoms with Crippen LogP contribution in [0, 0.1) is 0 Å². The van der Waals surface area contributed by atoms with E-state index in [0.29, 0.717) is 5.70 Å². The largest absolute Gasteiger partial charge is 0.398 e. The number of fused-ring (bicyclic) bond motifs is 2. The number of likely N-dealkylation sites (N-methyl/N-ethyl adjacent to an activating group) is 1. The average Bonchev–Trinajstić information content (AvgIpc) is 2.72. The van der Waals surface area contributed by atoms with E-state index in [1.165, 1.54) is 21.9 Å². The summed E-state index contributed by atoms with van der Waals surface area (Å²) in [5.74, 6) is 0.260. The Balaban J connectivity index is 0.000000188. The highest BCUT2D eigenvalue weighted by Gasteiger charge is 2.13. The van der Waals surface area contributed by atoms with Crippen molar-refractivity contribution in [1.29, 1.82) is 0 Å². The van der Waals surface area contributed by atoms with Gasteiger partial charge in [-0.1, -0.05) is 60.7 Å². The Kier molecular flexibility index (Phi) is 6.35. The molecule has 3 aromatic rings. The summed E-state index contributed by atoms with van der Waals surface area (Å²) in [6.45, 7) is 2.09. The van der Waals surface area contributed by atoms with Crippen molar-refractivity contribution in [3.8, 4) is 0 Å². The van der Waals surface area contributed by atoms with Crippen molar-refractivity contribution in [2.45, 2.75) is 13.0 Å². The van der Waals surface area contributed by atoms with Crippen LogP contribution < -0.4 is 17.2 Å². The van der Waals surface area contributed by atoms with Gasteiger partial charge in [0.05, 0.1) is 5.82 Å². The van der Waals surface area contributed by atoms with Crippen LogP contribution in [0.2, 0.25) is 0 Å². The first kappa shape index (κ1) is 19.5. The summed E-state index contributed by atoms with van der Waals surface area (Å²) in [7, 11) is 2.13. The number of hydrogen-bond donors (Lipinski definition) is 3. The highest BCUT2D eigenvalue weighted by molar-refractivity contribution is 5.82. The van der Waals surface area contributed by atoms with Crippen LogP contribution in [-0.4, -0.2) is 18.5 Å². The molecule has 6 N–H and O–H groups in total. The molecule has 0 saturated carbocycles. The fourth-order valence-electron chi connectivity index (χ4n) is 3.29. The van der Waals surface area contributed by atoms with Crippen molar-refractivity contribution in [3.63, 3.8) is 0 Å². The van der Waals surface area contributed by atoms with E-state index in [0.717, 1.165) is 25.1 Å². The minimum absolute atomic E-state index is 0.260. The smallest absolute Gasteiger partial charge is 0.0934 e. The Morgan fingerprint density at radius 3 is 2.00 bits per heavy atom. The van der Waals surface area contributed by atoms with Gasteiger partial charge in [-0.05, 0) is 59.1 Å². The fourth-order valence-corrected chi connectivity index (χ4v) is 3.29. The topological polar surface area (TPSA) is 81.3 Å². The number of hydrogen-bond acceptors (Lipinski definition) is 4. The summed E-state index contributed by atoms with van der Waals surface area (Å²) in [6.07, 6.45) is 4.45. The van der Waals surface area contributed by atoms with Crippen LogP contribution in [0.3, 0.4) is 0 Å². The lowest BCUT2D eigenvalue weighted by atomic mass is 9.96. The lowest BCUT2D eigenvalue weighted by Crippen LogP contribution is -2.26. The van der Waals surface area contributed by atoms with Gasteiger partial charge in [0.1, 0.15) is 0 Å². The van der Waals surface area contributed by atoms with E-state index in [-0.39, 0.29) is 5.82 Å². The molecular weight excluding hydrogens is 344 g/mol. The lowest BCUT2D eigenvalue weighted by molar-refractivity contribution is 0.313. The zero-order valence-corrected chi connectivity index (χ0v) is 16.3. The maximum absolute atomic E-state index is 6.00. The molecule has 0 atom stereocenters. The molecule has 0 aromatic heterocycles. The summed E-state index contributed by atoms with van der Waals surface area (Å²) < 4.78 is 0. The van der Waals surface area contributed by atoms with Gasteiger partial charge in [-0.3, -0.25) is 0 Å². The molecule has 4 nitrogen and oxygen atoms in total. The Bertz CT molecular complexity index is 935. The summed E-state index contributed by atoms with van der Waals surface area (Å²) in [5.41, 5.74) is 21.2. The van der Waals surface area contributed by atoms with Crippen LogP contribution in [0.25, 0.3) is 16.5 Å². The quantitative estimate of drug-likeness (QED) is 0.601. The molecule has 0 bridgehead atoms. The van der Waals surface area contributed by atoms with Crippen LogP contribution >= 0.6 is 0 Å². The van der Waals surface area contributed by atoms with Gasteiger partial charge in [0.15, 0.2) is 0 Å². The Morgan fingerprint density at radius 2 is 1.43 bits per heavy atom. The van der Waals surface area contributed by atoms with E-state index in [1.807, 2.05) is 0 Å². The van der Waals surface area contributed by atoms with Gasteiger partial charge in [0.25, 0.3) is 0 Å². The van der Waals surface area contributed by atoms with E-state index in [9.17, 15) is 0 Å². The second-order valence-electron chi connectivity index (χ2n) is 7.11. The zero-order valence-electron chi connectivity index (χ0n) is 16.3. The van der Waals surface area contributed by atoms with E-state index in [2.05, 4.69) is 78.7 Å². The van der Waals surface area contributed by atoms with Crippen LogP contribution in [0.5, 0.6) is 0 Å². The predicted molar refractivity (Wildman–Crippen MR) is 119 cm³/mol. The van der Waals surface area contributed by atoms with Crippen LogP contribution in [0.1, 0.15) is 16.7 Å². The summed E-state index contributed by atoms with van der Waals surface area (Å²) >= 11 is 0. The highest BCUT2D eigenvalue weighted by Crippen LogP contribution is 2.21. The third-order valence-corrected chi connectivity index (χ3v) is 4.86. The molecule has 4 rings (SSSR count). The van der Waals surface area contributed by atoms with E-state index >= 15 is 0 Å². The molecule has 0 radical (unpaired) electrons. The second-order valence-corrected chi connectivity index (χ2v) is 7.11. The first-order valence-electron chi connectivity index (χ1n) is 9.46. The molecule has 0 spiro atoms. The maximum atomic E-state index is 6.00. The third-order valence-electron chi connectivity index (χ3n) is 4.86. The SMILES string of the molecule is CN1CCc2ccc(/C(N)=C/C=C(N)N)cc2C1.c1ccc2ccccc2c1. The van der Waals surface area contributed by atoms with Gasteiger partial charge >= 0.3 is 0 Å². The zero-order chi connectivity index (χ0) is 19.9. The molecule has 1 aliphatic heterocycles. The Hall–Kier alpha value is -3.24. The third kappa shape index (κ3) is 5.15. The molecule has 1 heterocycles. The minimum atomic E-state index is 0.260. The summed E-state index contributed by atoms with van der Waals surface area (Å²) in [6, 6.07) is 23.1. The van der Waals surface area contributed by atoms with Crippen LogP contribution in [0.4, 0.5) is 0 Å². The van der Waals surface area contributed by atoms with Crippen LogP contribution in [-0.2, 0) is 13.0 Å². The Labute approximate surface area is 166 Å². The number of benzene rings is 3. The average molecular weight is 373 g/mol. The van der Waals surface area contributed by atoms with Gasteiger partial charge in [0.2, 0.25) is 0 Å². The fraction of sp³-hybridized carbons (Fsp3) is 0.167. The first-order valence-corrected chi connectivity index (χ1v) is 9.46. The highest BCUT2D eigenvalue weighted by atomic mass is 15.1. The number of nitrogens with two attached hydrogens (primary N) is 3. The molecule has 144 valence electrons. The molecule has 0 amide bonds. The van der Waals surface area contributed by atoms with Crippen molar-refractivity contribution in [2.75, 3.05) is 13.6 Å². The standard InChI is InChI=1S/C14H20N4.C10H8/c1-18-7-6-10-2-3-11(8-12(10)9-18)13(15)4-5-14(16)17;1-2-6-10-8-4-3-7-9(10)5-1/h2-5,8H,6-7,9,15-17H2,1H3;1-8H/b13-4-;. The monoisotopic (exact) mass is 372 g/mol. The van der Waals surface area contributed by atoms with Crippen LogP contribution in [0.15, 0.2) is 84.7 Å². The molecule has 1 aliphatic rings. The van der Waals surface area contributed by atoms with E-state index < -0.39 is 0 Å². The van der Waals surface area contributed by atoms with Gasteiger partial charge in [-0.15, -0.1) is 0 Å². The van der Waals surface area contributed by atoms with Crippen molar-refractivity contribution < 1.29 is 0 Å². The number of allylic oxidation sites excluding steroid dienone is 2. The summed E-state index contributed by atoms with van der Waals surface area (Å²) in [5, 5.41) is 2.62. The first-order chi connectivity index (χ1) is 13.5. The van der Waals surface area contributed by atoms with Gasteiger partial charge in [-0.25, -0.2) is 0 Å². The molecule has 4 heteroatoms. The molecule has 3 aromatic carbocycles. The minimum Gasteiger partial charge on any atom is -0.398 e. The molecule has 28 heavy (non-hydrogen) atoms. The predicted octanol–water partition coefficient (Wildman–Crippen LogP) is 3.57. The van der Waals surface area contributed by atoms with Crippen molar-refractivity contribution >= 4 is 16.5 Å². The van der Waals surface area contributed by atoms with E-state index in [1.54, 1.807) is 12.2 Å². The molecule has 0 aliphatic carbocycles. The maximum Gasteiger partial charge on any atom is 0.0934 e. The molecule has 0 fully saturated rings. The lowest BCUT2D eigenvalue weighted by Gasteiger charge is -2.25. The number of nitrogens with zero attached hydrogens (tertiary/aromatic N) is 1. The van der Waals surface area contributed by atoms with Gasteiger partial charge in [-0.2, -0.15) is 0 Å².